The Hall–Kier alpha value is 0.0112. The number of halogens is 12. The fourth-order valence-corrected chi connectivity index (χ4v) is 5.32. The van der Waals surface area contributed by atoms with Gasteiger partial charge in [-0.3, -0.25) is 0 Å². The Morgan fingerprint density at radius 2 is 1.06 bits per heavy atom. The van der Waals surface area contributed by atoms with Crippen molar-refractivity contribution in [3.05, 3.63) is 29.8 Å². The first-order valence-corrected chi connectivity index (χ1v) is 9.95. The second-order valence-corrected chi connectivity index (χ2v) is 8.32. The van der Waals surface area contributed by atoms with E-state index in [2.05, 4.69) is 12.1 Å². The summed E-state index contributed by atoms with van der Waals surface area (Å²) < 4.78 is 122. The van der Waals surface area contributed by atoms with Crippen LogP contribution in [0.1, 0.15) is 44.1 Å². The van der Waals surface area contributed by atoms with Crippen LogP contribution in [0, 0.1) is 23.8 Å². The van der Waals surface area contributed by atoms with E-state index < -0.39 is 21.8 Å². The molecule has 0 saturated heterocycles. The molecule has 4 bridgehead atoms. The van der Waals surface area contributed by atoms with Gasteiger partial charge in [0, 0.05) is 5.75 Å². The molecule has 0 amide bonds. The third kappa shape index (κ3) is 15.2. The summed E-state index contributed by atoms with van der Waals surface area (Å²) in [5, 5.41) is 0. The molecular formula is C17H21B3F12KO-3. The van der Waals surface area contributed by atoms with Crippen LogP contribution < -0.4 is 56.1 Å². The van der Waals surface area contributed by atoms with E-state index in [1.54, 1.807) is 7.11 Å². The molecule has 0 spiro atoms. The Bertz CT molecular complexity index is 660. The van der Waals surface area contributed by atoms with Crippen LogP contribution in [0.5, 0.6) is 5.75 Å². The first kappa shape index (κ1) is 34.0. The molecule has 0 unspecified atom stereocenters. The van der Waals surface area contributed by atoms with Crippen LogP contribution in [-0.4, -0.2) is 28.9 Å². The van der Waals surface area contributed by atoms with Gasteiger partial charge in [-0.2, -0.15) is 17.7 Å². The summed E-state index contributed by atoms with van der Waals surface area (Å²) >= 11 is 0. The molecule has 1 nitrogen and oxygen atoms in total. The minimum atomic E-state index is -6.00. The van der Waals surface area contributed by atoms with Crippen LogP contribution in [0.4, 0.5) is 51.8 Å². The van der Waals surface area contributed by atoms with Gasteiger partial charge in [-0.15, -0.1) is 12.1 Å². The van der Waals surface area contributed by atoms with Crippen LogP contribution in [0.15, 0.2) is 18.2 Å². The predicted octanol–water partition coefficient (Wildman–Crippen LogP) is 4.87. The molecule has 0 N–H and O–H groups in total. The van der Waals surface area contributed by atoms with Crippen molar-refractivity contribution in [3.8, 4) is 5.75 Å². The minimum Gasteiger partial charge on any atom is -0.522 e. The largest absolute Gasteiger partial charge is 1.00 e. The van der Waals surface area contributed by atoms with Crippen molar-refractivity contribution in [1.29, 1.82) is 0 Å². The van der Waals surface area contributed by atoms with E-state index >= 15 is 0 Å². The molecule has 1 aromatic rings. The third-order valence-corrected chi connectivity index (χ3v) is 5.62. The zero-order chi connectivity index (χ0) is 25.7. The van der Waals surface area contributed by atoms with Gasteiger partial charge in [0.05, 0.1) is 7.11 Å². The van der Waals surface area contributed by atoms with Crippen molar-refractivity contribution in [2.45, 2.75) is 43.9 Å². The topological polar surface area (TPSA) is 9.23 Å². The zero-order valence-electron chi connectivity index (χ0n) is 18.4. The van der Waals surface area contributed by atoms with Gasteiger partial charge in [0.1, 0.15) is 0 Å². The van der Waals surface area contributed by atoms with Crippen LogP contribution in [-0.2, 0) is 5.41 Å². The molecule has 4 aliphatic carbocycles. The molecule has 4 fully saturated rings. The molecule has 4 aliphatic rings. The normalized spacial score (nSPS) is 27.0. The van der Waals surface area contributed by atoms with E-state index in [1.807, 2.05) is 12.1 Å². The molecule has 4 saturated carbocycles. The van der Waals surface area contributed by atoms with Gasteiger partial charge in [0.15, 0.2) is 0 Å². The fourth-order valence-electron chi connectivity index (χ4n) is 5.32. The van der Waals surface area contributed by atoms with Crippen molar-refractivity contribution in [2.24, 2.45) is 17.8 Å². The van der Waals surface area contributed by atoms with E-state index in [4.69, 9.17) is 4.74 Å². The number of rotatable bonds is 2. The van der Waals surface area contributed by atoms with Crippen LogP contribution in [0.2, 0.25) is 0 Å². The summed E-state index contributed by atoms with van der Waals surface area (Å²) in [5.74, 6) is 3.99. The van der Waals surface area contributed by atoms with E-state index in [9.17, 15) is 51.8 Å². The smallest absolute Gasteiger partial charge is 0.522 e. The van der Waals surface area contributed by atoms with E-state index in [0.29, 0.717) is 5.41 Å². The van der Waals surface area contributed by atoms with Gasteiger partial charge in [-0.1, -0.05) is 0 Å². The molecule has 0 aromatic heterocycles. The number of methoxy groups -OCH3 is 1. The molecule has 34 heavy (non-hydrogen) atoms. The summed E-state index contributed by atoms with van der Waals surface area (Å²) in [5.41, 5.74) is 1.88. The number of benzene rings is 1. The summed E-state index contributed by atoms with van der Waals surface area (Å²) in [7, 11) is -16.2. The van der Waals surface area contributed by atoms with E-state index in [-0.39, 0.29) is 51.4 Å². The van der Waals surface area contributed by atoms with Crippen LogP contribution in [0.25, 0.3) is 0 Å². The van der Waals surface area contributed by atoms with E-state index in [1.165, 1.54) is 44.1 Å². The van der Waals surface area contributed by atoms with Crippen LogP contribution in [0.3, 0.4) is 0 Å². The molecule has 1 aromatic carbocycles. The third-order valence-electron chi connectivity index (χ3n) is 5.62. The quantitative estimate of drug-likeness (QED) is 0.296. The molecule has 0 atom stereocenters. The number of hydrogen-bond donors (Lipinski definition) is 0. The van der Waals surface area contributed by atoms with Gasteiger partial charge in [-0.05, 0) is 61.7 Å². The first-order valence-electron chi connectivity index (χ1n) is 9.95. The first-order chi connectivity index (χ1) is 14.8. The standard InChI is InChI=1S/C17H21O.3BF4.K/c1-18-16-4-2-3-15(8-16)17-9-12-5-13(10-17)7-14(6-12)11-17;3*2-1(3,4)5;/h2,4,8,12-14H,5-7,9-11H2,1H3;;;;/q4*-1;+1. The average Bonchev–Trinajstić information content (AvgIpc) is 2.56. The van der Waals surface area contributed by atoms with Crippen molar-refractivity contribution >= 4 is 21.8 Å². The molecule has 5 rings (SSSR count). The Morgan fingerprint density at radius 1 is 0.735 bits per heavy atom. The molecule has 17 heteroatoms. The SMILES string of the molecule is COc1cc[c-]c(C23CC4CC(CC(C4)C2)C3)c1.F[B-](F)(F)F.F[B-](F)(F)F.F[B-](F)(F)F.[K+]. The Labute approximate surface area is 232 Å². The van der Waals surface area contributed by atoms with Gasteiger partial charge >= 0.3 is 73.1 Å². The number of ether oxygens (including phenoxy) is 1. The summed E-state index contributed by atoms with van der Waals surface area (Å²) in [6.45, 7) is 0. The molecular weight excluding hydrogens is 520 g/mol. The second-order valence-electron chi connectivity index (χ2n) is 8.32. The predicted molar refractivity (Wildman–Crippen MR) is 102 cm³/mol. The Morgan fingerprint density at radius 3 is 1.35 bits per heavy atom. The summed E-state index contributed by atoms with van der Waals surface area (Å²) in [4.78, 5) is 0. The Kier molecular flexibility index (Phi) is 13.5. The van der Waals surface area contributed by atoms with Gasteiger partial charge in [0.25, 0.3) is 0 Å². The summed E-state index contributed by atoms with van der Waals surface area (Å²) in [6, 6.07) is 9.83. The van der Waals surface area contributed by atoms with Gasteiger partial charge in [-0.25, -0.2) is 0 Å². The minimum absolute atomic E-state index is 0. The van der Waals surface area contributed by atoms with Crippen molar-refractivity contribution in [3.63, 3.8) is 0 Å². The molecule has 192 valence electrons. The summed E-state index contributed by atoms with van der Waals surface area (Å²) in [6.07, 6.45) is 8.73. The average molecular weight is 541 g/mol. The van der Waals surface area contributed by atoms with Crippen molar-refractivity contribution in [1.82, 2.24) is 0 Å². The maximum Gasteiger partial charge on any atom is 1.00 e. The monoisotopic (exact) mass is 541 g/mol. The molecule has 0 heterocycles. The van der Waals surface area contributed by atoms with Gasteiger partial charge in [0.2, 0.25) is 0 Å². The molecule has 0 aliphatic heterocycles. The maximum absolute atomic E-state index is 9.75. The van der Waals surface area contributed by atoms with Crippen molar-refractivity contribution < 1.29 is 108 Å². The molecule has 0 radical (unpaired) electrons. The van der Waals surface area contributed by atoms with Crippen molar-refractivity contribution in [2.75, 3.05) is 7.11 Å². The Balaban J connectivity index is 0.000000570. The zero-order valence-corrected chi connectivity index (χ0v) is 21.5. The van der Waals surface area contributed by atoms with E-state index in [0.717, 1.165) is 23.5 Å². The second kappa shape index (κ2) is 13.5. The maximum atomic E-state index is 9.75. The fraction of sp³-hybridized carbons (Fsp3) is 0.647. The number of hydrogen-bond acceptors (Lipinski definition) is 1. The van der Waals surface area contributed by atoms with Crippen LogP contribution >= 0.6 is 0 Å². The van der Waals surface area contributed by atoms with Gasteiger partial charge < -0.3 is 56.5 Å².